The second-order valence-electron chi connectivity index (χ2n) is 3.87. The van der Waals surface area contributed by atoms with Gasteiger partial charge in [-0.1, -0.05) is 0 Å². The van der Waals surface area contributed by atoms with E-state index in [9.17, 15) is 0 Å². The lowest BCUT2D eigenvalue weighted by Crippen LogP contribution is -2.16. The average molecular weight is 272 g/mol. The number of pyridine rings is 1. The summed E-state index contributed by atoms with van der Waals surface area (Å²) in [4.78, 5) is 6.47. The van der Waals surface area contributed by atoms with E-state index in [1.165, 1.54) is 5.56 Å². The highest BCUT2D eigenvalue weighted by Gasteiger charge is 2.02. The molecule has 1 heterocycles. The summed E-state index contributed by atoms with van der Waals surface area (Å²) in [5.41, 5.74) is 1.21. The van der Waals surface area contributed by atoms with Crippen LogP contribution in [-0.4, -0.2) is 37.1 Å². The molecule has 0 aliphatic carbocycles. The van der Waals surface area contributed by atoms with Crippen molar-refractivity contribution in [3.63, 3.8) is 0 Å². The van der Waals surface area contributed by atoms with E-state index in [0.29, 0.717) is 0 Å². The molecule has 0 saturated heterocycles. The Morgan fingerprint density at radius 2 is 2.20 bits per heavy atom. The Bertz CT molecular complexity index is 313. The summed E-state index contributed by atoms with van der Waals surface area (Å²) in [6.07, 6.45) is 2.95. The van der Waals surface area contributed by atoms with Crippen molar-refractivity contribution in [3.8, 4) is 0 Å². The fourth-order valence-corrected chi connectivity index (χ4v) is 1.64. The molecule has 0 fully saturated rings. The van der Waals surface area contributed by atoms with E-state index in [1.54, 1.807) is 0 Å². The lowest BCUT2D eigenvalue weighted by molar-refractivity contribution is 0.405. The summed E-state index contributed by atoms with van der Waals surface area (Å²) in [5, 5.41) is 3.32. The minimum Gasteiger partial charge on any atom is -0.369 e. The molecule has 1 rings (SSSR count). The molecule has 0 spiro atoms. The van der Waals surface area contributed by atoms with Crippen LogP contribution < -0.4 is 5.32 Å². The number of halogens is 1. The van der Waals surface area contributed by atoms with Gasteiger partial charge < -0.3 is 10.2 Å². The third-order valence-corrected chi connectivity index (χ3v) is 3.16. The maximum atomic E-state index is 4.28. The van der Waals surface area contributed by atoms with Crippen LogP contribution in [0.4, 0.5) is 5.82 Å². The van der Waals surface area contributed by atoms with Crippen LogP contribution >= 0.6 is 15.9 Å². The van der Waals surface area contributed by atoms with Crippen molar-refractivity contribution < 1.29 is 0 Å². The molecular weight excluding hydrogens is 254 g/mol. The third-order valence-electron chi connectivity index (χ3n) is 2.16. The van der Waals surface area contributed by atoms with Crippen LogP contribution in [0.1, 0.15) is 12.0 Å². The first-order valence-corrected chi connectivity index (χ1v) is 5.90. The predicted octanol–water partition coefficient (Wildman–Crippen LogP) is 2.52. The number of aryl methyl sites for hydroxylation is 1. The summed E-state index contributed by atoms with van der Waals surface area (Å²) in [5.74, 6) is 0.939. The summed E-state index contributed by atoms with van der Waals surface area (Å²) in [7, 11) is 4.17. The largest absolute Gasteiger partial charge is 0.369 e. The standard InChI is InChI=1S/C11H18BrN3/c1-9-5-7-14-11(10(9)12)13-6-4-8-15(2)3/h5,7H,4,6,8H2,1-3H3,(H,13,14). The van der Waals surface area contributed by atoms with Crippen LogP contribution in [0.2, 0.25) is 0 Å². The zero-order valence-corrected chi connectivity index (χ0v) is 11.1. The molecule has 4 heteroatoms. The van der Waals surface area contributed by atoms with Gasteiger partial charge in [0.05, 0.1) is 4.47 Å². The Morgan fingerprint density at radius 3 is 2.87 bits per heavy atom. The Morgan fingerprint density at radius 1 is 1.47 bits per heavy atom. The van der Waals surface area contributed by atoms with E-state index < -0.39 is 0 Å². The van der Waals surface area contributed by atoms with Crippen LogP contribution in [0.5, 0.6) is 0 Å². The minimum atomic E-state index is 0.939. The van der Waals surface area contributed by atoms with Crippen molar-refractivity contribution in [1.29, 1.82) is 0 Å². The van der Waals surface area contributed by atoms with Gasteiger partial charge in [-0.15, -0.1) is 0 Å². The van der Waals surface area contributed by atoms with E-state index in [0.717, 1.165) is 29.8 Å². The molecule has 1 aromatic heterocycles. The summed E-state index contributed by atoms with van der Waals surface area (Å²) < 4.78 is 1.06. The van der Waals surface area contributed by atoms with Gasteiger partial charge in [0, 0.05) is 12.7 Å². The highest BCUT2D eigenvalue weighted by atomic mass is 79.9. The number of nitrogens with one attached hydrogen (secondary N) is 1. The lowest BCUT2D eigenvalue weighted by atomic mass is 10.3. The first-order valence-electron chi connectivity index (χ1n) is 5.11. The van der Waals surface area contributed by atoms with Crippen LogP contribution in [-0.2, 0) is 0 Å². The zero-order valence-electron chi connectivity index (χ0n) is 9.55. The van der Waals surface area contributed by atoms with Gasteiger partial charge in [0.1, 0.15) is 5.82 Å². The molecule has 0 amide bonds. The highest BCUT2D eigenvalue weighted by Crippen LogP contribution is 2.22. The van der Waals surface area contributed by atoms with Crippen molar-refractivity contribution in [3.05, 3.63) is 22.3 Å². The van der Waals surface area contributed by atoms with Crippen molar-refractivity contribution in [2.75, 3.05) is 32.5 Å². The number of aromatic nitrogens is 1. The molecule has 0 unspecified atom stereocenters. The number of rotatable bonds is 5. The van der Waals surface area contributed by atoms with Crippen molar-refractivity contribution in [1.82, 2.24) is 9.88 Å². The number of hydrogen-bond donors (Lipinski definition) is 1. The SMILES string of the molecule is Cc1ccnc(NCCCN(C)C)c1Br. The molecule has 1 aromatic rings. The summed E-state index contributed by atoms with van der Waals surface area (Å²) in [6, 6.07) is 2.00. The fraction of sp³-hybridized carbons (Fsp3) is 0.545. The van der Waals surface area contributed by atoms with Gasteiger partial charge in [-0.25, -0.2) is 4.98 Å². The Hall–Kier alpha value is -0.610. The normalized spacial score (nSPS) is 10.7. The maximum absolute atomic E-state index is 4.28. The highest BCUT2D eigenvalue weighted by molar-refractivity contribution is 9.10. The third kappa shape index (κ3) is 4.18. The molecule has 1 N–H and O–H groups in total. The average Bonchev–Trinajstić information content (AvgIpc) is 2.18. The van der Waals surface area contributed by atoms with Gasteiger partial charge in [0.2, 0.25) is 0 Å². The van der Waals surface area contributed by atoms with Gasteiger partial charge in [0.25, 0.3) is 0 Å². The van der Waals surface area contributed by atoms with E-state index in [1.807, 2.05) is 12.3 Å². The molecule has 0 atom stereocenters. The monoisotopic (exact) mass is 271 g/mol. The smallest absolute Gasteiger partial charge is 0.140 e. The second kappa shape index (κ2) is 6.08. The van der Waals surface area contributed by atoms with E-state index in [-0.39, 0.29) is 0 Å². The van der Waals surface area contributed by atoms with E-state index in [4.69, 9.17) is 0 Å². The van der Waals surface area contributed by atoms with Crippen molar-refractivity contribution in [2.45, 2.75) is 13.3 Å². The molecule has 0 aliphatic heterocycles. The first kappa shape index (κ1) is 12.5. The number of anilines is 1. The molecule has 15 heavy (non-hydrogen) atoms. The summed E-state index contributed by atoms with van der Waals surface area (Å²) >= 11 is 3.53. The lowest BCUT2D eigenvalue weighted by Gasteiger charge is -2.11. The van der Waals surface area contributed by atoms with Crippen LogP contribution in [0.15, 0.2) is 16.7 Å². The van der Waals surface area contributed by atoms with Crippen LogP contribution in [0, 0.1) is 6.92 Å². The quantitative estimate of drug-likeness (QED) is 0.835. The molecular formula is C11H18BrN3. The fourth-order valence-electron chi connectivity index (χ4n) is 1.27. The predicted molar refractivity (Wildman–Crippen MR) is 68.3 cm³/mol. The Balaban J connectivity index is 2.41. The van der Waals surface area contributed by atoms with E-state index >= 15 is 0 Å². The van der Waals surface area contributed by atoms with Gasteiger partial charge in [-0.2, -0.15) is 0 Å². The topological polar surface area (TPSA) is 28.2 Å². The van der Waals surface area contributed by atoms with E-state index in [2.05, 4.69) is 52.1 Å². The molecule has 0 saturated carbocycles. The second-order valence-corrected chi connectivity index (χ2v) is 4.67. The van der Waals surface area contributed by atoms with Gasteiger partial charge in [-0.05, 0) is 61.5 Å². The van der Waals surface area contributed by atoms with Gasteiger partial charge in [-0.3, -0.25) is 0 Å². The molecule has 0 bridgehead atoms. The summed E-state index contributed by atoms with van der Waals surface area (Å²) in [6.45, 7) is 4.11. The maximum Gasteiger partial charge on any atom is 0.140 e. The molecule has 0 aromatic carbocycles. The Kier molecular flexibility index (Phi) is 5.05. The van der Waals surface area contributed by atoms with Crippen molar-refractivity contribution in [2.24, 2.45) is 0 Å². The van der Waals surface area contributed by atoms with Crippen LogP contribution in [0.25, 0.3) is 0 Å². The molecule has 0 radical (unpaired) electrons. The molecule has 0 aliphatic rings. The number of hydrogen-bond acceptors (Lipinski definition) is 3. The molecule has 84 valence electrons. The van der Waals surface area contributed by atoms with Gasteiger partial charge in [0.15, 0.2) is 0 Å². The Labute approximate surface area is 100 Å². The van der Waals surface area contributed by atoms with Crippen LogP contribution in [0.3, 0.4) is 0 Å². The molecule has 3 nitrogen and oxygen atoms in total. The zero-order chi connectivity index (χ0) is 11.3. The first-order chi connectivity index (χ1) is 7.11. The van der Waals surface area contributed by atoms with Crippen molar-refractivity contribution >= 4 is 21.7 Å². The van der Waals surface area contributed by atoms with Gasteiger partial charge >= 0.3 is 0 Å². The minimum absolute atomic E-state index is 0.939. The number of nitrogens with zero attached hydrogens (tertiary/aromatic N) is 2.